The molecule has 3 aromatic heterocycles. The summed E-state index contributed by atoms with van der Waals surface area (Å²) >= 11 is 0. The van der Waals surface area contributed by atoms with Crippen LogP contribution in [-0.2, 0) is 0 Å². The summed E-state index contributed by atoms with van der Waals surface area (Å²) < 4.78 is 49.2. The van der Waals surface area contributed by atoms with E-state index in [4.69, 9.17) is 0 Å². The molecule has 0 atom stereocenters. The fraction of sp³-hybridized carbons (Fsp3) is 0.0435. The van der Waals surface area contributed by atoms with E-state index < -0.39 is 23.4 Å². The van der Waals surface area contributed by atoms with Gasteiger partial charge in [0.1, 0.15) is 23.7 Å². The van der Waals surface area contributed by atoms with Gasteiger partial charge in [0.2, 0.25) is 0 Å². The highest BCUT2D eigenvalue weighted by Crippen LogP contribution is 2.30. The van der Waals surface area contributed by atoms with Crippen LogP contribution >= 0.6 is 0 Å². The van der Waals surface area contributed by atoms with Crippen molar-refractivity contribution in [2.24, 2.45) is 0 Å². The van der Waals surface area contributed by atoms with Gasteiger partial charge in [0.25, 0.3) is 5.91 Å². The van der Waals surface area contributed by atoms with Gasteiger partial charge in [-0.15, -0.1) is 10.2 Å². The second-order valence-corrected chi connectivity index (χ2v) is 7.23. The van der Waals surface area contributed by atoms with E-state index in [1.807, 2.05) is 0 Å². The maximum absolute atomic E-state index is 14.7. The second kappa shape index (κ2) is 7.90. The van der Waals surface area contributed by atoms with E-state index in [1.165, 1.54) is 35.1 Å². The molecule has 0 saturated heterocycles. The minimum absolute atomic E-state index is 0.00390. The van der Waals surface area contributed by atoms with Gasteiger partial charge in [-0.1, -0.05) is 11.2 Å². The third kappa shape index (κ3) is 3.61. The summed E-state index contributed by atoms with van der Waals surface area (Å²) in [4.78, 5) is 12.5. The molecular formula is C23H14F3N5O2. The number of hydrogen-bond donors (Lipinski definition) is 1. The molecule has 0 saturated carbocycles. The summed E-state index contributed by atoms with van der Waals surface area (Å²) in [5, 5.41) is 14.1. The van der Waals surface area contributed by atoms with E-state index in [0.717, 1.165) is 18.2 Å². The van der Waals surface area contributed by atoms with Crippen LogP contribution < -0.4 is 5.32 Å². The third-order valence-electron chi connectivity index (χ3n) is 5.19. The maximum atomic E-state index is 14.7. The van der Waals surface area contributed by atoms with Gasteiger partial charge in [-0.05, 0) is 60.0 Å². The van der Waals surface area contributed by atoms with Crippen molar-refractivity contribution in [1.29, 1.82) is 0 Å². The number of fused-ring (bicyclic) bond motifs is 1. The quantitative estimate of drug-likeness (QED) is 0.416. The van der Waals surface area contributed by atoms with Gasteiger partial charge in [0.15, 0.2) is 17.3 Å². The highest BCUT2D eigenvalue weighted by atomic mass is 19.1. The van der Waals surface area contributed by atoms with Crippen LogP contribution in [0.2, 0.25) is 0 Å². The molecular weight excluding hydrogens is 435 g/mol. The summed E-state index contributed by atoms with van der Waals surface area (Å²) in [7, 11) is 0. The van der Waals surface area contributed by atoms with Crippen LogP contribution in [0.25, 0.3) is 28.2 Å². The van der Waals surface area contributed by atoms with E-state index in [2.05, 4.69) is 25.2 Å². The number of benzene rings is 2. The highest BCUT2D eigenvalue weighted by molar-refractivity contribution is 6.04. The Morgan fingerprint density at radius 2 is 1.79 bits per heavy atom. The van der Waals surface area contributed by atoms with Crippen molar-refractivity contribution in [3.05, 3.63) is 89.6 Å². The highest BCUT2D eigenvalue weighted by Gasteiger charge is 2.19. The van der Waals surface area contributed by atoms with Crippen molar-refractivity contribution < 1.29 is 22.5 Å². The molecule has 3 heterocycles. The monoisotopic (exact) mass is 449 g/mol. The van der Waals surface area contributed by atoms with E-state index >= 15 is 0 Å². The Morgan fingerprint density at radius 3 is 2.52 bits per heavy atom. The number of hydrogen-bond acceptors (Lipinski definition) is 5. The smallest absolute Gasteiger partial charge is 0.257 e. The van der Waals surface area contributed by atoms with E-state index in [9.17, 15) is 18.0 Å². The number of nitrogens with zero attached hydrogens (tertiary/aromatic N) is 4. The molecule has 1 N–H and O–H groups in total. The van der Waals surface area contributed by atoms with Gasteiger partial charge in [-0.3, -0.25) is 9.20 Å². The fourth-order valence-corrected chi connectivity index (χ4v) is 3.52. The minimum atomic E-state index is -0.767. The van der Waals surface area contributed by atoms with Crippen molar-refractivity contribution in [3.8, 4) is 22.5 Å². The molecule has 0 fully saturated rings. The second-order valence-electron chi connectivity index (χ2n) is 7.23. The predicted octanol–water partition coefficient (Wildman–Crippen LogP) is 5.03. The van der Waals surface area contributed by atoms with Crippen LogP contribution in [0.1, 0.15) is 15.9 Å². The molecule has 0 unspecified atom stereocenters. The average Bonchev–Trinajstić information content (AvgIpc) is 3.45. The van der Waals surface area contributed by atoms with Crippen molar-refractivity contribution in [2.45, 2.75) is 6.92 Å². The summed E-state index contributed by atoms with van der Waals surface area (Å²) in [6.45, 7) is 1.58. The number of rotatable bonds is 4. The van der Waals surface area contributed by atoms with Gasteiger partial charge in [0.05, 0.1) is 5.56 Å². The van der Waals surface area contributed by atoms with E-state index in [1.54, 1.807) is 19.1 Å². The number of carbonyl (C=O) groups is 1. The zero-order valence-electron chi connectivity index (χ0n) is 17.0. The van der Waals surface area contributed by atoms with Gasteiger partial charge >= 0.3 is 0 Å². The lowest BCUT2D eigenvalue weighted by atomic mass is 9.98. The average molecular weight is 449 g/mol. The fourth-order valence-electron chi connectivity index (χ4n) is 3.52. The van der Waals surface area contributed by atoms with Gasteiger partial charge in [-0.25, -0.2) is 13.2 Å². The largest absolute Gasteiger partial charge is 0.363 e. The number of aromatic nitrogens is 4. The maximum Gasteiger partial charge on any atom is 0.257 e. The van der Waals surface area contributed by atoms with Gasteiger partial charge < -0.3 is 9.84 Å². The SMILES string of the molecule is Cc1c(F)cc(C(=O)Nc2ccon2)cc1-c1ccn2c(-c3c(F)cccc3F)nnc2c1. The Balaban J connectivity index is 1.57. The first kappa shape index (κ1) is 20.4. The molecule has 0 spiro atoms. The summed E-state index contributed by atoms with van der Waals surface area (Å²) in [5.74, 6) is -2.48. The van der Waals surface area contributed by atoms with Crippen LogP contribution in [0.5, 0.6) is 0 Å². The molecule has 10 heteroatoms. The number of nitrogens with one attached hydrogen (secondary N) is 1. The first-order chi connectivity index (χ1) is 15.9. The summed E-state index contributed by atoms with van der Waals surface area (Å²) in [6.07, 6.45) is 2.83. The Bertz CT molecular complexity index is 1490. The molecule has 0 radical (unpaired) electrons. The Kier molecular flexibility index (Phi) is 4.89. The lowest BCUT2D eigenvalue weighted by molar-refractivity contribution is 0.102. The van der Waals surface area contributed by atoms with Crippen molar-refractivity contribution in [1.82, 2.24) is 19.8 Å². The molecule has 164 valence electrons. The molecule has 5 aromatic rings. The zero-order valence-corrected chi connectivity index (χ0v) is 17.0. The molecule has 1 amide bonds. The van der Waals surface area contributed by atoms with Gasteiger partial charge in [0, 0.05) is 17.8 Å². The number of halogens is 3. The van der Waals surface area contributed by atoms with E-state index in [-0.39, 0.29) is 22.8 Å². The van der Waals surface area contributed by atoms with Crippen LogP contribution in [0.15, 0.2) is 65.5 Å². The Morgan fingerprint density at radius 1 is 1.00 bits per heavy atom. The number of amides is 1. The zero-order chi connectivity index (χ0) is 23.1. The minimum Gasteiger partial charge on any atom is -0.363 e. The van der Waals surface area contributed by atoms with E-state index in [0.29, 0.717) is 22.3 Å². The van der Waals surface area contributed by atoms with Crippen LogP contribution in [0.3, 0.4) is 0 Å². The molecule has 7 nitrogen and oxygen atoms in total. The third-order valence-corrected chi connectivity index (χ3v) is 5.19. The normalized spacial score (nSPS) is 11.2. The first-order valence-electron chi connectivity index (χ1n) is 9.74. The number of carbonyl (C=O) groups excluding carboxylic acids is 1. The molecule has 0 aliphatic heterocycles. The summed E-state index contributed by atoms with van der Waals surface area (Å²) in [6, 6.07) is 10.9. The van der Waals surface area contributed by atoms with Crippen LogP contribution in [0, 0.1) is 24.4 Å². The predicted molar refractivity (Wildman–Crippen MR) is 113 cm³/mol. The molecule has 0 bridgehead atoms. The van der Waals surface area contributed by atoms with Crippen LogP contribution in [-0.4, -0.2) is 25.7 Å². The molecule has 0 aliphatic rings. The Hall–Kier alpha value is -4.47. The number of pyridine rings is 1. The lowest BCUT2D eigenvalue weighted by Crippen LogP contribution is -2.13. The van der Waals surface area contributed by atoms with Crippen molar-refractivity contribution in [2.75, 3.05) is 5.32 Å². The Labute approximate surface area is 184 Å². The van der Waals surface area contributed by atoms with Gasteiger partial charge in [-0.2, -0.15) is 0 Å². The summed E-state index contributed by atoms with van der Waals surface area (Å²) in [5.41, 5.74) is 1.38. The first-order valence-corrected chi connectivity index (χ1v) is 9.74. The standard InChI is InChI=1S/C23H14F3N5O2/c1-12-15(9-14(10-18(12)26)23(32)27-19-6-8-33-30-19)13-5-7-31-20(11-13)28-29-22(31)21-16(24)3-2-4-17(21)25/h2-11H,1H3,(H,27,30,32). The molecule has 33 heavy (non-hydrogen) atoms. The lowest BCUT2D eigenvalue weighted by Gasteiger charge is -2.11. The topological polar surface area (TPSA) is 85.3 Å². The van der Waals surface area contributed by atoms with Crippen molar-refractivity contribution in [3.63, 3.8) is 0 Å². The molecule has 0 aliphatic carbocycles. The molecule has 5 rings (SSSR count). The number of anilines is 1. The van der Waals surface area contributed by atoms with Crippen molar-refractivity contribution >= 4 is 17.4 Å². The van der Waals surface area contributed by atoms with Crippen LogP contribution in [0.4, 0.5) is 19.0 Å². The molecule has 2 aromatic carbocycles.